The molecule has 2 aliphatic heterocycles. The number of amides is 2. The zero-order chi connectivity index (χ0) is 20.7. The van der Waals surface area contributed by atoms with E-state index in [1.165, 1.54) is 5.56 Å². The Morgan fingerprint density at radius 1 is 1.31 bits per heavy atom. The van der Waals surface area contributed by atoms with Crippen LogP contribution in [0.2, 0.25) is 0 Å². The number of likely N-dealkylation sites (tertiary alicyclic amines) is 2. The van der Waals surface area contributed by atoms with Crippen LogP contribution in [0.3, 0.4) is 0 Å². The van der Waals surface area contributed by atoms with Crippen LogP contribution >= 0.6 is 0 Å². The molecule has 2 saturated heterocycles. The molecule has 1 unspecified atom stereocenters. The molecule has 0 aliphatic carbocycles. The Balaban J connectivity index is 1.57. The average Bonchev–Trinajstić information content (AvgIpc) is 3.40. The second-order valence-corrected chi connectivity index (χ2v) is 8.27. The summed E-state index contributed by atoms with van der Waals surface area (Å²) in [7, 11) is 1.89. The molecule has 2 aromatic heterocycles. The van der Waals surface area contributed by atoms with Crippen LogP contribution in [0.4, 0.5) is 0 Å². The third-order valence-electron chi connectivity index (χ3n) is 6.54. The summed E-state index contributed by atoms with van der Waals surface area (Å²) in [5, 5.41) is 4.35. The van der Waals surface area contributed by atoms with Gasteiger partial charge in [-0.25, -0.2) is 0 Å². The van der Waals surface area contributed by atoms with Gasteiger partial charge in [0.1, 0.15) is 0 Å². The van der Waals surface area contributed by atoms with E-state index in [0.717, 1.165) is 23.4 Å². The van der Waals surface area contributed by atoms with Crippen LogP contribution in [0.25, 0.3) is 0 Å². The molecule has 2 aromatic rings. The van der Waals surface area contributed by atoms with Crippen molar-refractivity contribution in [3.63, 3.8) is 0 Å². The molecule has 3 atom stereocenters. The second kappa shape index (κ2) is 7.61. The summed E-state index contributed by atoms with van der Waals surface area (Å²) in [4.78, 5) is 34.5. The number of aromatic nitrogens is 3. The number of pyridine rings is 1. The van der Waals surface area contributed by atoms with Crippen molar-refractivity contribution in [2.75, 3.05) is 19.6 Å². The first-order valence-corrected chi connectivity index (χ1v) is 10.4. The fourth-order valence-corrected chi connectivity index (χ4v) is 4.79. The number of aryl methyl sites for hydroxylation is 2. The summed E-state index contributed by atoms with van der Waals surface area (Å²) in [5.41, 5.74) is 4.23. The van der Waals surface area contributed by atoms with Gasteiger partial charge >= 0.3 is 0 Å². The summed E-state index contributed by atoms with van der Waals surface area (Å²) in [5.74, 6) is 0.0410. The fraction of sp³-hybridized carbons (Fsp3) is 0.545. The van der Waals surface area contributed by atoms with E-state index in [9.17, 15) is 9.59 Å². The van der Waals surface area contributed by atoms with Gasteiger partial charge in [-0.15, -0.1) is 0 Å². The van der Waals surface area contributed by atoms with Crippen molar-refractivity contribution in [1.82, 2.24) is 24.6 Å². The summed E-state index contributed by atoms with van der Waals surface area (Å²) >= 11 is 0. The monoisotopic (exact) mass is 395 g/mol. The van der Waals surface area contributed by atoms with Gasteiger partial charge in [-0.05, 0) is 44.9 Å². The van der Waals surface area contributed by atoms with Gasteiger partial charge in [-0.1, -0.05) is 0 Å². The molecule has 4 heterocycles. The van der Waals surface area contributed by atoms with Gasteiger partial charge < -0.3 is 9.80 Å². The summed E-state index contributed by atoms with van der Waals surface area (Å²) in [6.45, 7) is 8.01. The minimum Gasteiger partial charge on any atom is -0.342 e. The number of carbonyl (C=O) groups excluding carboxylic acids is 2. The number of hydrogen-bond donors (Lipinski definition) is 0. The van der Waals surface area contributed by atoms with E-state index in [-0.39, 0.29) is 36.1 Å². The molecule has 0 saturated carbocycles. The maximum atomic E-state index is 13.5. The summed E-state index contributed by atoms with van der Waals surface area (Å²) < 4.78 is 1.81. The zero-order valence-electron chi connectivity index (χ0n) is 17.6. The van der Waals surface area contributed by atoms with Gasteiger partial charge in [-0.2, -0.15) is 5.10 Å². The third kappa shape index (κ3) is 3.43. The first-order valence-electron chi connectivity index (χ1n) is 10.4. The predicted molar refractivity (Wildman–Crippen MR) is 109 cm³/mol. The summed E-state index contributed by atoms with van der Waals surface area (Å²) in [6, 6.07) is 3.87. The molecule has 154 valence electrons. The molecular weight excluding hydrogens is 366 g/mol. The Bertz CT molecular complexity index is 937. The van der Waals surface area contributed by atoms with E-state index in [1.54, 1.807) is 0 Å². The maximum absolute atomic E-state index is 13.5. The molecule has 7 nitrogen and oxygen atoms in total. The predicted octanol–water partition coefficient (Wildman–Crippen LogP) is 2.36. The molecule has 2 amide bonds. The molecular formula is C22H29N5O2. The fourth-order valence-electron chi connectivity index (χ4n) is 4.79. The largest absolute Gasteiger partial charge is 0.342 e. The van der Waals surface area contributed by atoms with Crippen LogP contribution in [-0.2, 0) is 16.6 Å². The average molecular weight is 396 g/mol. The van der Waals surface area contributed by atoms with E-state index in [2.05, 4.69) is 23.1 Å². The first-order chi connectivity index (χ1) is 13.9. The molecule has 4 rings (SSSR count). The van der Waals surface area contributed by atoms with E-state index in [1.807, 2.05) is 53.8 Å². The van der Waals surface area contributed by atoms with Crippen LogP contribution < -0.4 is 0 Å². The highest BCUT2D eigenvalue weighted by atomic mass is 16.2. The zero-order valence-corrected chi connectivity index (χ0v) is 17.6. The Kier molecular flexibility index (Phi) is 5.15. The van der Waals surface area contributed by atoms with Crippen molar-refractivity contribution in [1.29, 1.82) is 0 Å². The van der Waals surface area contributed by atoms with E-state index < -0.39 is 0 Å². The lowest BCUT2D eigenvalue weighted by Gasteiger charge is -2.29. The molecule has 2 aliphatic rings. The van der Waals surface area contributed by atoms with E-state index >= 15 is 0 Å². The Labute approximate surface area is 171 Å². The smallest absolute Gasteiger partial charge is 0.228 e. The van der Waals surface area contributed by atoms with Crippen LogP contribution in [0.15, 0.2) is 24.5 Å². The van der Waals surface area contributed by atoms with Crippen molar-refractivity contribution >= 4 is 11.8 Å². The highest BCUT2D eigenvalue weighted by Gasteiger charge is 2.47. The van der Waals surface area contributed by atoms with Crippen LogP contribution in [0.1, 0.15) is 54.2 Å². The van der Waals surface area contributed by atoms with Gasteiger partial charge in [0.25, 0.3) is 0 Å². The van der Waals surface area contributed by atoms with Crippen LogP contribution in [-0.4, -0.2) is 56.0 Å². The van der Waals surface area contributed by atoms with Crippen LogP contribution in [0.5, 0.6) is 0 Å². The van der Waals surface area contributed by atoms with E-state index in [0.29, 0.717) is 19.6 Å². The van der Waals surface area contributed by atoms with Crippen molar-refractivity contribution < 1.29 is 9.59 Å². The van der Waals surface area contributed by atoms with Crippen LogP contribution in [0, 0.1) is 19.8 Å². The van der Waals surface area contributed by atoms with Gasteiger partial charge in [0.05, 0.1) is 18.2 Å². The molecule has 0 radical (unpaired) electrons. The van der Waals surface area contributed by atoms with Crippen molar-refractivity contribution in [3.8, 4) is 0 Å². The van der Waals surface area contributed by atoms with E-state index in [4.69, 9.17) is 0 Å². The Morgan fingerprint density at radius 3 is 2.76 bits per heavy atom. The lowest BCUT2D eigenvalue weighted by molar-refractivity contribution is -0.135. The third-order valence-corrected chi connectivity index (χ3v) is 6.54. The van der Waals surface area contributed by atoms with Gasteiger partial charge in [0.2, 0.25) is 11.8 Å². The lowest BCUT2D eigenvalue weighted by Crippen LogP contribution is -2.38. The second-order valence-electron chi connectivity index (χ2n) is 8.27. The lowest BCUT2D eigenvalue weighted by atomic mass is 9.92. The highest BCUT2D eigenvalue weighted by Crippen LogP contribution is 2.41. The molecule has 29 heavy (non-hydrogen) atoms. The molecule has 2 fully saturated rings. The normalized spacial score (nSPS) is 24.6. The quantitative estimate of drug-likeness (QED) is 0.797. The molecule has 0 bridgehead atoms. The minimum absolute atomic E-state index is 0.0511. The number of nitrogens with zero attached hydrogens (tertiary/aromatic N) is 5. The minimum atomic E-state index is -0.352. The topological polar surface area (TPSA) is 71.3 Å². The van der Waals surface area contributed by atoms with Gasteiger partial charge in [0.15, 0.2) is 0 Å². The number of hydrogen-bond acceptors (Lipinski definition) is 4. The Hall–Kier alpha value is -2.70. The standard InChI is InChI=1S/C22H29N5O2/c1-5-27-20(28)11-17(21(27)18-12-24-25(4)15(18)3)22(29)26-9-7-16(13-26)19-10-14(2)6-8-23-19/h6,8,10,12,16-17,21H,5,7,9,11,13H2,1-4H3/t16?,17-,21-/m0/s1. The molecule has 0 N–H and O–H groups in total. The number of carbonyl (C=O) groups is 2. The van der Waals surface area contributed by atoms with Crippen molar-refractivity contribution in [2.24, 2.45) is 13.0 Å². The first kappa shape index (κ1) is 19.6. The van der Waals surface area contributed by atoms with Gasteiger partial charge in [0, 0.05) is 62.2 Å². The Morgan fingerprint density at radius 2 is 2.10 bits per heavy atom. The molecule has 0 aromatic carbocycles. The van der Waals surface area contributed by atoms with Gasteiger partial charge in [-0.3, -0.25) is 19.3 Å². The molecule has 0 spiro atoms. The summed E-state index contributed by atoms with van der Waals surface area (Å²) in [6.07, 6.45) is 4.84. The van der Waals surface area contributed by atoms with Crippen molar-refractivity contribution in [3.05, 3.63) is 47.0 Å². The maximum Gasteiger partial charge on any atom is 0.228 e. The van der Waals surface area contributed by atoms with Crippen molar-refractivity contribution in [2.45, 2.75) is 45.6 Å². The number of rotatable bonds is 4. The SMILES string of the molecule is CCN1C(=O)C[C@H](C(=O)N2CCC(c3cc(C)ccn3)C2)[C@H]1c1cnn(C)c1C. The molecule has 7 heteroatoms. The highest BCUT2D eigenvalue weighted by molar-refractivity contribution is 5.90.